The molecule has 0 saturated carbocycles. The molecule has 3 heteroatoms. The molecular formula is C18H22N2O. The Hall–Kier alpha value is -2.16. The van der Waals surface area contributed by atoms with Gasteiger partial charge in [-0.3, -0.25) is 9.78 Å². The Morgan fingerprint density at radius 1 is 1.10 bits per heavy atom. The molecule has 1 aromatic heterocycles. The van der Waals surface area contributed by atoms with Crippen molar-refractivity contribution in [1.29, 1.82) is 0 Å². The van der Waals surface area contributed by atoms with Crippen molar-refractivity contribution >= 4 is 5.91 Å². The molecule has 0 aliphatic heterocycles. The Bertz CT molecular complexity index is 608. The summed E-state index contributed by atoms with van der Waals surface area (Å²) in [6.07, 6.45) is 4.43. The maximum Gasteiger partial charge on any atom is 0.253 e. The molecule has 1 heterocycles. The molecule has 0 atom stereocenters. The van der Waals surface area contributed by atoms with E-state index in [1.54, 1.807) is 12.4 Å². The van der Waals surface area contributed by atoms with E-state index in [9.17, 15) is 4.79 Å². The van der Waals surface area contributed by atoms with Gasteiger partial charge in [0.25, 0.3) is 5.91 Å². The number of aryl methyl sites for hydroxylation is 2. The third-order valence-corrected chi connectivity index (χ3v) is 3.84. The summed E-state index contributed by atoms with van der Waals surface area (Å²) in [4.78, 5) is 18.5. The van der Waals surface area contributed by atoms with Crippen molar-refractivity contribution < 1.29 is 4.79 Å². The molecule has 0 fully saturated rings. The second-order valence-corrected chi connectivity index (χ2v) is 5.29. The second kappa shape index (κ2) is 7.02. The van der Waals surface area contributed by atoms with Gasteiger partial charge in [-0.15, -0.1) is 0 Å². The molecular weight excluding hydrogens is 260 g/mol. The average molecular weight is 282 g/mol. The van der Waals surface area contributed by atoms with Crippen molar-refractivity contribution in [1.82, 2.24) is 9.88 Å². The summed E-state index contributed by atoms with van der Waals surface area (Å²) in [6.45, 7) is 7.57. The van der Waals surface area contributed by atoms with Crippen LogP contribution in [0.15, 0.2) is 42.7 Å². The lowest BCUT2D eigenvalue weighted by Gasteiger charge is -2.21. The molecule has 0 bridgehead atoms. The van der Waals surface area contributed by atoms with Crippen molar-refractivity contribution in [3.05, 3.63) is 65.0 Å². The minimum Gasteiger partial charge on any atom is -0.339 e. The van der Waals surface area contributed by atoms with Crippen LogP contribution in [0.4, 0.5) is 0 Å². The molecule has 2 aromatic rings. The van der Waals surface area contributed by atoms with Crippen LogP contribution in [-0.2, 0) is 6.42 Å². The van der Waals surface area contributed by atoms with Crippen molar-refractivity contribution in [3.8, 4) is 0 Å². The molecule has 110 valence electrons. The monoisotopic (exact) mass is 282 g/mol. The third-order valence-electron chi connectivity index (χ3n) is 3.84. The number of carbonyl (C=O) groups excluding carboxylic acids is 1. The van der Waals surface area contributed by atoms with Crippen LogP contribution in [0.25, 0.3) is 0 Å². The van der Waals surface area contributed by atoms with Gasteiger partial charge in [0.15, 0.2) is 0 Å². The van der Waals surface area contributed by atoms with Gasteiger partial charge in [0.05, 0.1) is 0 Å². The molecule has 0 spiro atoms. The zero-order valence-electron chi connectivity index (χ0n) is 13.0. The zero-order chi connectivity index (χ0) is 15.2. The molecule has 0 aliphatic rings. The Labute approximate surface area is 126 Å². The van der Waals surface area contributed by atoms with Crippen molar-refractivity contribution in [2.75, 3.05) is 13.1 Å². The Morgan fingerprint density at radius 3 is 2.43 bits per heavy atom. The largest absolute Gasteiger partial charge is 0.339 e. The van der Waals surface area contributed by atoms with E-state index in [0.29, 0.717) is 0 Å². The molecule has 21 heavy (non-hydrogen) atoms. The fraction of sp³-hybridized carbons (Fsp3) is 0.333. The lowest BCUT2D eigenvalue weighted by atomic mass is 10.1. The van der Waals surface area contributed by atoms with Gasteiger partial charge in [-0.05, 0) is 68.1 Å². The number of hydrogen-bond acceptors (Lipinski definition) is 2. The van der Waals surface area contributed by atoms with Gasteiger partial charge in [0, 0.05) is 31.0 Å². The van der Waals surface area contributed by atoms with Crippen LogP contribution in [-0.4, -0.2) is 28.9 Å². The molecule has 0 N–H and O–H groups in total. The molecule has 0 saturated heterocycles. The van der Waals surface area contributed by atoms with E-state index in [0.717, 1.165) is 30.6 Å². The fourth-order valence-electron chi connectivity index (χ4n) is 2.27. The Morgan fingerprint density at radius 2 is 1.81 bits per heavy atom. The van der Waals surface area contributed by atoms with Crippen LogP contribution >= 0.6 is 0 Å². The number of pyridine rings is 1. The predicted octanol–water partition coefficient (Wildman–Crippen LogP) is 3.40. The highest BCUT2D eigenvalue weighted by Gasteiger charge is 2.14. The summed E-state index contributed by atoms with van der Waals surface area (Å²) >= 11 is 0. The topological polar surface area (TPSA) is 33.2 Å². The fourth-order valence-corrected chi connectivity index (χ4v) is 2.27. The van der Waals surface area contributed by atoms with Crippen LogP contribution < -0.4 is 0 Å². The van der Waals surface area contributed by atoms with Crippen LogP contribution in [0, 0.1) is 13.8 Å². The molecule has 3 nitrogen and oxygen atoms in total. The Balaban J connectivity index is 2.06. The smallest absolute Gasteiger partial charge is 0.253 e. The van der Waals surface area contributed by atoms with Gasteiger partial charge >= 0.3 is 0 Å². The molecule has 2 rings (SSSR count). The summed E-state index contributed by atoms with van der Waals surface area (Å²) in [6, 6.07) is 9.90. The summed E-state index contributed by atoms with van der Waals surface area (Å²) in [5, 5.41) is 0. The van der Waals surface area contributed by atoms with Crippen molar-refractivity contribution in [2.45, 2.75) is 27.2 Å². The first-order valence-corrected chi connectivity index (χ1v) is 7.37. The normalized spacial score (nSPS) is 10.4. The van der Waals surface area contributed by atoms with Crippen molar-refractivity contribution in [2.24, 2.45) is 0 Å². The molecule has 1 aromatic carbocycles. The molecule has 1 amide bonds. The van der Waals surface area contributed by atoms with E-state index in [2.05, 4.69) is 11.9 Å². The number of hydrogen-bond donors (Lipinski definition) is 0. The van der Waals surface area contributed by atoms with Crippen LogP contribution in [0.3, 0.4) is 0 Å². The van der Waals surface area contributed by atoms with E-state index >= 15 is 0 Å². The van der Waals surface area contributed by atoms with E-state index in [-0.39, 0.29) is 5.91 Å². The summed E-state index contributed by atoms with van der Waals surface area (Å²) in [5.74, 6) is 0.106. The highest BCUT2D eigenvalue weighted by Crippen LogP contribution is 2.12. The number of aromatic nitrogens is 1. The second-order valence-electron chi connectivity index (χ2n) is 5.29. The van der Waals surface area contributed by atoms with Gasteiger partial charge in [0.2, 0.25) is 0 Å². The van der Waals surface area contributed by atoms with E-state index in [1.807, 2.05) is 49.1 Å². The van der Waals surface area contributed by atoms with Crippen LogP contribution in [0.1, 0.15) is 34.0 Å². The number of likely N-dealkylation sites (N-methyl/N-ethyl adjacent to an activating group) is 1. The number of carbonyl (C=O) groups is 1. The van der Waals surface area contributed by atoms with Gasteiger partial charge in [-0.25, -0.2) is 0 Å². The first-order chi connectivity index (χ1) is 10.1. The number of amides is 1. The lowest BCUT2D eigenvalue weighted by Crippen LogP contribution is -2.32. The van der Waals surface area contributed by atoms with Gasteiger partial charge < -0.3 is 4.90 Å². The average Bonchev–Trinajstić information content (AvgIpc) is 2.51. The van der Waals surface area contributed by atoms with E-state index in [4.69, 9.17) is 0 Å². The quantitative estimate of drug-likeness (QED) is 0.842. The number of rotatable bonds is 5. The highest BCUT2D eigenvalue weighted by molar-refractivity contribution is 5.94. The van der Waals surface area contributed by atoms with E-state index in [1.165, 1.54) is 11.1 Å². The van der Waals surface area contributed by atoms with Crippen molar-refractivity contribution in [3.63, 3.8) is 0 Å². The molecule has 0 aliphatic carbocycles. The lowest BCUT2D eigenvalue weighted by molar-refractivity contribution is 0.0766. The first-order valence-electron chi connectivity index (χ1n) is 7.37. The van der Waals surface area contributed by atoms with Gasteiger partial charge in [-0.2, -0.15) is 0 Å². The minimum absolute atomic E-state index is 0.106. The maximum atomic E-state index is 12.6. The highest BCUT2D eigenvalue weighted by atomic mass is 16.2. The number of nitrogens with zero attached hydrogens (tertiary/aromatic N) is 2. The predicted molar refractivity (Wildman–Crippen MR) is 85.4 cm³/mol. The zero-order valence-corrected chi connectivity index (χ0v) is 13.0. The summed E-state index contributed by atoms with van der Waals surface area (Å²) in [5.41, 5.74) is 4.35. The maximum absolute atomic E-state index is 12.6. The number of benzene rings is 1. The first kappa shape index (κ1) is 15.2. The Kier molecular flexibility index (Phi) is 5.09. The summed E-state index contributed by atoms with van der Waals surface area (Å²) < 4.78 is 0. The van der Waals surface area contributed by atoms with Gasteiger partial charge in [0.1, 0.15) is 0 Å². The van der Waals surface area contributed by atoms with E-state index < -0.39 is 0 Å². The third kappa shape index (κ3) is 3.91. The minimum atomic E-state index is 0.106. The van der Waals surface area contributed by atoms with Gasteiger partial charge in [-0.1, -0.05) is 6.07 Å². The molecule has 0 radical (unpaired) electrons. The standard InChI is InChI=1S/C18H22N2O/c1-4-20(12-9-16-7-10-19-11-8-16)18(21)17-6-5-14(2)15(3)13-17/h5-8,10-11,13H,4,9,12H2,1-3H3. The van der Waals surface area contributed by atoms with Crippen LogP contribution in [0.2, 0.25) is 0 Å². The van der Waals surface area contributed by atoms with Crippen LogP contribution in [0.5, 0.6) is 0 Å². The summed E-state index contributed by atoms with van der Waals surface area (Å²) in [7, 11) is 0. The molecule has 0 unspecified atom stereocenters. The SMILES string of the molecule is CCN(CCc1ccncc1)C(=O)c1ccc(C)c(C)c1.